The third-order valence-electron chi connectivity index (χ3n) is 3.54. The van der Waals surface area contributed by atoms with Crippen LogP contribution in [0.15, 0.2) is 22.7 Å². The minimum atomic E-state index is 0.320. The summed E-state index contributed by atoms with van der Waals surface area (Å²) in [5, 5.41) is 1.39. The quantitative estimate of drug-likeness (QED) is 0.735. The van der Waals surface area contributed by atoms with E-state index in [9.17, 15) is 0 Å². The zero-order chi connectivity index (χ0) is 10.6. The normalized spacial score (nSPS) is 18.3. The first-order valence-electron chi connectivity index (χ1n) is 5.38. The molecule has 0 atom stereocenters. The molecule has 1 aromatic heterocycles. The predicted octanol–water partition coefficient (Wildman–Crippen LogP) is 4.15. The van der Waals surface area contributed by atoms with Crippen molar-refractivity contribution in [3.8, 4) is 0 Å². The lowest BCUT2D eigenvalue weighted by Gasteiger charge is -2.16. The summed E-state index contributed by atoms with van der Waals surface area (Å²) in [7, 11) is 0. The van der Waals surface area contributed by atoms with Crippen LogP contribution < -0.4 is 0 Å². The molecule has 2 aromatic rings. The molecular formula is C13H14BrN. The highest BCUT2D eigenvalue weighted by molar-refractivity contribution is 9.10. The van der Waals surface area contributed by atoms with Gasteiger partial charge in [-0.15, -0.1) is 0 Å². The molecule has 1 nitrogen and oxygen atoms in total. The third-order valence-corrected chi connectivity index (χ3v) is 4.04. The van der Waals surface area contributed by atoms with Crippen LogP contribution in [0.3, 0.4) is 0 Å². The molecule has 78 valence electrons. The lowest BCUT2D eigenvalue weighted by atomic mass is 9.91. The van der Waals surface area contributed by atoms with Gasteiger partial charge in [-0.3, -0.25) is 0 Å². The van der Waals surface area contributed by atoms with Crippen LogP contribution in [0.2, 0.25) is 0 Å². The van der Waals surface area contributed by atoms with Gasteiger partial charge in [0.15, 0.2) is 0 Å². The smallest absolute Gasteiger partial charge is 0.0459 e. The first-order valence-corrected chi connectivity index (χ1v) is 6.18. The average Bonchev–Trinajstić information content (AvgIpc) is 2.66. The lowest BCUT2D eigenvalue weighted by molar-refractivity contribution is 0.510. The highest BCUT2D eigenvalue weighted by atomic mass is 79.9. The Labute approximate surface area is 98.0 Å². The van der Waals surface area contributed by atoms with E-state index in [0.29, 0.717) is 5.41 Å². The Morgan fingerprint density at radius 3 is 2.93 bits per heavy atom. The third kappa shape index (κ3) is 1.27. The molecule has 1 N–H and O–H groups in total. The van der Waals surface area contributed by atoms with Crippen LogP contribution >= 0.6 is 15.9 Å². The van der Waals surface area contributed by atoms with Gasteiger partial charge in [-0.1, -0.05) is 29.8 Å². The summed E-state index contributed by atoms with van der Waals surface area (Å²) < 4.78 is 1.17. The Bertz CT molecular complexity index is 537. The number of aryl methyl sites for hydroxylation is 1. The fourth-order valence-electron chi connectivity index (χ4n) is 2.62. The summed E-state index contributed by atoms with van der Waals surface area (Å²) in [6.45, 7) is 4.65. The van der Waals surface area contributed by atoms with Gasteiger partial charge in [0.05, 0.1) is 0 Å². The number of rotatable bonds is 0. The topological polar surface area (TPSA) is 15.8 Å². The number of hydrogen-bond donors (Lipinski definition) is 1. The Morgan fingerprint density at radius 2 is 2.13 bits per heavy atom. The van der Waals surface area contributed by atoms with Crippen LogP contribution in [0, 0.1) is 0 Å². The molecule has 0 fully saturated rings. The van der Waals surface area contributed by atoms with Crippen LogP contribution in [0.5, 0.6) is 0 Å². The van der Waals surface area contributed by atoms with Crippen molar-refractivity contribution < 1.29 is 0 Å². The Morgan fingerprint density at radius 1 is 1.33 bits per heavy atom. The van der Waals surface area contributed by atoms with Gasteiger partial charge in [0.25, 0.3) is 0 Å². The first-order chi connectivity index (χ1) is 7.08. The zero-order valence-electron chi connectivity index (χ0n) is 9.02. The van der Waals surface area contributed by atoms with Crippen molar-refractivity contribution in [2.75, 3.05) is 0 Å². The second-order valence-electron chi connectivity index (χ2n) is 5.05. The summed E-state index contributed by atoms with van der Waals surface area (Å²) in [4.78, 5) is 3.57. The fraction of sp³-hybridized carbons (Fsp3) is 0.385. The molecule has 0 aliphatic heterocycles. The molecule has 0 bridgehead atoms. The van der Waals surface area contributed by atoms with Gasteiger partial charge in [-0.25, -0.2) is 0 Å². The molecule has 1 heterocycles. The number of nitrogens with one attached hydrogen (secondary N) is 1. The van der Waals surface area contributed by atoms with Gasteiger partial charge in [-0.2, -0.15) is 0 Å². The van der Waals surface area contributed by atoms with E-state index in [1.807, 2.05) is 0 Å². The number of benzene rings is 1. The minimum absolute atomic E-state index is 0.320. The van der Waals surface area contributed by atoms with E-state index in [1.54, 1.807) is 0 Å². The van der Waals surface area contributed by atoms with Gasteiger partial charge >= 0.3 is 0 Å². The molecule has 0 unspecified atom stereocenters. The number of aromatic nitrogens is 1. The van der Waals surface area contributed by atoms with Crippen LogP contribution in [0.4, 0.5) is 0 Å². The Hall–Kier alpha value is -0.760. The van der Waals surface area contributed by atoms with E-state index in [2.05, 4.69) is 53.0 Å². The van der Waals surface area contributed by atoms with Crippen molar-refractivity contribution in [3.05, 3.63) is 33.9 Å². The highest BCUT2D eigenvalue weighted by Crippen LogP contribution is 2.41. The summed E-state index contributed by atoms with van der Waals surface area (Å²) >= 11 is 3.54. The maximum atomic E-state index is 3.57. The largest absolute Gasteiger partial charge is 0.358 e. The van der Waals surface area contributed by atoms with Crippen molar-refractivity contribution in [1.82, 2.24) is 4.98 Å². The van der Waals surface area contributed by atoms with E-state index >= 15 is 0 Å². The summed E-state index contributed by atoms with van der Waals surface area (Å²) in [6.07, 6.45) is 2.47. The van der Waals surface area contributed by atoms with Crippen molar-refractivity contribution in [1.29, 1.82) is 0 Å². The molecule has 0 amide bonds. The molecule has 1 aliphatic carbocycles. The molecule has 1 aliphatic rings. The fourth-order valence-corrected chi connectivity index (χ4v) is 2.98. The summed E-state index contributed by atoms with van der Waals surface area (Å²) in [5.41, 5.74) is 4.56. The molecule has 3 rings (SSSR count). The van der Waals surface area contributed by atoms with Gasteiger partial charge < -0.3 is 4.98 Å². The number of aromatic amines is 1. The molecule has 1 aromatic carbocycles. The van der Waals surface area contributed by atoms with E-state index in [-0.39, 0.29) is 0 Å². The van der Waals surface area contributed by atoms with Crippen molar-refractivity contribution in [3.63, 3.8) is 0 Å². The number of hydrogen-bond acceptors (Lipinski definition) is 0. The maximum absolute atomic E-state index is 3.57. The monoisotopic (exact) mass is 263 g/mol. The molecule has 0 radical (unpaired) electrons. The van der Waals surface area contributed by atoms with Crippen LogP contribution in [0.1, 0.15) is 31.5 Å². The standard InChI is InChI=1S/C13H14BrN/c1-13(2)6-5-9-10-7-8(14)3-4-11(10)15-12(9)13/h3-4,7,15H,5-6H2,1-2H3. The molecule has 15 heavy (non-hydrogen) atoms. The Kier molecular flexibility index (Phi) is 1.82. The van der Waals surface area contributed by atoms with Crippen LogP contribution in [-0.4, -0.2) is 4.98 Å². The van der Waals surface area contributed by atoms with Crippen molar-refractivity contribution >= 4 is 26.8 Å². The first kappa shape index (κ1) is 9.46. The molecule has 2 heteroatoms. The van der Waals surface area contributed by atoms with Gasteiger partial charge in [0.1, 0.15) is 0 Å². The summed E-state index contributed by atoms with van der Waals surface area (Å²) in [5.74, 6) is 0. The number of fused-ring (bicyclic) bond motifs is 3. The van der Waals surface area contributed by atoms with E-state index in [1.165, 1.54) is 39.5 Å². The van der Waals surface area contributed by atoms with E-state index in [0.717, 1.165) is 0 Å². The molecule has 0 saturated heterocycles. The van der Waals surface area contributed by atoms with Gasteiger partial charge in [0, 0.05) is 26.5 Å². The predicted molar refractivity (Wildman–Crippen MR) is 67.3 cm³/mol. The van der Waals surface area contributed by atoms with Crippen molar-refractivity contribution in [2.24, 2.45) is 0 Å². The number of H-pyrrole nitrogens is 1. The molecule has 0 spiro atoms. The van der Waals surface area contributed by atoms with E-state index < -0.39 is 0 Å². The maximum Gasteiger partial charge on any atom is 0.0459 e. The SMILES string of the molecule is CC1(C)CCc2c1[nH]c1ccc(Br)cc21. The lowest BCUT2D eigenvalue weighted by Crippen LogP contribution is -2.12. The van der Waals surface area contributed by atoms with Gasteiger partial charge in [-0.05, 0) is 36.6 Å². The highest BCUT2D eigenvalue weighted by Gasteiger charge is 2.32. The minimum Gasteiger partial charge on any atom is -0.358 e. The van der Waals surface area contributed by atoms with Gasteiger partial charge in [0.2, 0.25) is 0 Å². The molecule has 0 saturated carbocycles. The van der Waals surface area contributed by atoms with Crippen LogP contribution in [-0.2, 0) is 11.8 Å². The zero-order valence-corrected chi connectivity index (χ0v) is 10.6. The average molecular weight is 264 g/mol. The Balaban J connectivity index is 2.36. The second kappa shape index (κ2) is 2.88. The van der Waals surface area contributed by atoms with Crippen molar-refractivity contribution in [2.45, 2.75) is 32.1 Å². The second-order valence-corrected chi connectivity index (χ2v) is 5.97. The van der Waals surface area contributed by atoms with Crippen LogP contribution in [0.25, 0.3) is 10.9 Å². The number of halogens is 1. The molecular weight excluding hydrogens is 250 g/mol. The van der Waals surface area contributed by atoms with E-state index in [4.69, 9.17) is 0 Å². The summed E-state index contributed by atoms with van der Waals surface area (Å²) in [6, 6.07) is 6.49.